The minimum absolute atomic E-state index is 0.108. The van der Waals surface area contributed by atoms with Crippen molar-refractivity contribution in [1.82, 2.24) is 10.2 Å². The Bertz CT molecular complexity index is 528. The zero-order valence-corrected chi connectivity index (χ0v) is 12.6. The summed E-state index contributed by atoms with van der Waals surface area (Å²) in [5.74, 6) is -0.248. The van der Waals surface area contributed by atoms with E-state index in [4.69, 9.17) is 0 Å². The topological polar surface area (TPSA) is 49.4 Å². The number of hydrogen-bond acceptors (Lipinski definition) is 3. The number of rotatable bonds is 3. The summed E-state index contributed by atoms with van der Waals surface area (Å²) in [6.07, 6.45) is 0.703. The smallest absolute Gasteiger partial charge is 0.246 e. The summed E-state index contributed by atoms with van der Waals surface area (Å²) < 4.78 is 0. The van der Waals surface area contributed by atoms with Crippen molar-refractivity contribution in [2.75, 3.05) is 6.54 Å². The third kappa shape index (κ3) is 2.75. The molecule has 1 aromatic carbocycles. The van der Waals surface area contributed by atoms with Crippen LogP contribution in [0.5, 0.6) is 0 Å². The Hall–Kier alpha value is -1.68. The highest BCUT2D eigenvalue weighted by atomic mass is 16.2. The molecule has 2 amide bonds. The lowest BCUT2D eigenvalue weighted by molar-refractivity contribution is -0.150. The number of carbonyl (C=O) groups excluding carboxylic acids is 2. The van der Waals surface area contributed by atoms with Crippen molar-refractivity contribution >= 4 is 11.8 Å². The van der Waals surface area contributed by atoms with Crippen LogP contribution in [-0.2, 0) is 16.1 Å². The lowest BCUT2D eigenvalue weighted by atomic mass is 9.98. The van der Waals surface area contributed by atoms with Crippen LogP contribution >= 0.6 is 0 Å². The number of aryl methyl sites for hydroxylation is 3. The third-order valence-corrected chi connectivity index (χ3v) is 3.93. The van der Waals surface area contributed by atoms with Crippen LogP contribution in [0, 0.1) is 20.8 Å². The molecule has 0 saturated carbocycles. The lowest BCUT2D eigenvalue weighted by Crippen LogP contribution is -2.57. The molecule has 4 nitrogen and oxygen atoms in total. The van der Waals surface area contributed by atoms with Gasteiger partial charge in [-0.2, -0.15) is 0 Å². The van der Waals surface area contributed by atoms with Gasteiger partial charge in [0, 0.05) is 0 Å². The monoisotopic (exact) mass is 274 g/mol. The van der Waals surface area contributed by atoms with E-state index in [9.17, 15) is 9.59 Å². The van der Waals surface area contributed by atoms with Gasteiger partial charge in [-0.25, -0.2) is 0 Å². The Balaban J connectivity index is 2.28. The highest BCUT2D eigenvalue weighted by Gasteiger charge is 2.33. The van der Waals surface area contributed by atoms with E-state index in [1.807, 2.05) is 20.8 Å². The minimum Gasteiger partial charge on any atom is -0.297 e. The normalized spacial score (nSPS) is 19.6. The quantitative estimate of drug-likeness (QED) is 0.856. The van der Waals surface area contributed by atoms with Crippen LogP contribution in [0.1, 0.15) is 35.6 Å². The van der Waals surface area contributed by atoms with Gasteiger partial charge in [-0.1, -0.05) is 24.6 Å². The van der Waals surface area contributed by atoms with Crippen molar-refractivity contribution in [2.24, 2.45) is 0 Å². The van der Waals surface area contributed by atoms with Crippen LogP contribution in [-0.4, -0.2) is 29.3 Å². The molecule has 0 spiro atoms. The van der Waals surface area contributed by atoms with Gasteiger partial charge in [-0.3, -0.25) is 19.8 Å². The van der Waals surface area contributed by atoms with E-state index in [0.29, 0.717) is 13.0 Å². The van der Waals surface area contributed by atoms with E-state index in [0.717, 1.165) is 16.7 Å². The number of piperazine rings is 1. The number of hydrogen-bond donors (Lipinski definition) is 1. The van der Waals surface area contributed by atoms with E-state index in [2.05, 4.69) is 24.4 Å². The third-order valence-electron chi connectivity index (χ3n) is 3.93. The summed E-state index contributed by atoms with van der Waals surface area (Å²) in [6, 6.07) is 3.95. The number of amides is 2. The molecular weight excluding hydrogens is 252 g/mol. The molecule has 0 radical (unpaired) electrons. The molecule has 1 aliphatic heterocycles. The summed E-state index contributed by atoms with van der Waals surface area (Å²) in [4.78, 5) is 25.7. The standard InChI is InChI=1S/C16H22N2O2/c1-5-14-16(20)18(15(19)8-17-14)9-13-11(3)6-10(2)7-12(13)4/h6-7,14,17H,5,8-9H2,1-4H3. The maximum atomic E-state index is 12.3. The number of benzene rings is 1. The summed E-state index contributed by atoms with van der Waals surface area (Å²) in [5, 5.41) is 2.98. The van der Waals surface area contributed by atoms with Crippen LogP contribution in [0.4, 0.5) is 0 Å². The number of nitrogens with zero attached hydrogens (tertiary/aromatic N) is 1. The number of imide groups is 1. The largest absolute Gasteiger partial charge is 0.297 e. The van der Waals surface area contributed by atoms with Gasteiger partial charge >= 0.3 is 0 Å². The van der Waals surface area contributed by atoms with Gasteiger partial charge in [0.1, 0.15) is 0 Å². The fourth-order valence-corrected chi connectivity index (χ4v) is 2.81. The molecule has 20 heavy (non-hydrogen) atoms. The first-order chi connectivity index (χ1) is 9.43. The first kappa shape index (κ1) is 14.7. The predicted molar refractivity (Wildman–Crippen MR) is 78.3 cm³/mol. The molecule has 108 valence electrons. The fraction of sp³-hybridized carbons (Fsp3) is 0.500. The van der Waals surface area contributed by atoms with Crippen molar-refractivity contribution in [1.29, 1.82) is 0 Å². The number of nitrogens with one attached hydrogen (secondary N) is 1. The predicted octanol–water partition coefficient (Wildman–Crippen LogP) is 1.85. The highest BCUT2D eigenvalue weighted by molar-refractivity contribution is 6.01. The van der Waals surface area contributed by atoms with Crippen molar-refractivity contribution in [3.05, 3.63) is 34.4 Å². The van der Waals surface area contributed by atoms with E-state index in [-0.39, 0.29) is 24.4 Å². The van der Waals surface area contributed by atoms with Crippen molar-refractivity contribution in [2.45, 2.75) is 46.7 Å². The first-order valence-corrected chi connectivity index (χ1v) is 7.08. The second-order valence-electron chi connectivity index (χ2n) is 5.54. The van der Waals surface area contributed by atoms with Gasteiger partial charge in [0.05, 0.1) is 19.1 Å². The molecule has 2 rings (SSSR count). The molecule has 0 aliphatic carbocycles. The zero-order valence-electron chi connectivity index (χ0n) is 12.6. The Morgan fingerprint density at radius 2 is 1.80 bits per heavy atom. The molecule has 4 heteroatoms. The first-order valence-electron chi connectivity index (χ1n) is 7.08. The van der Waals surface area contributed by atoms with Gasteiger partial charge in [-0.05, 0) is 43.9 Å². The van der Waals surface area contributed by atoms with Gasteiger partial charge in [0.2, 0.25) is 11.8 Å². The maximum Gasteiger partial charge on any atom is 0.246 e. The summed E-state index contributed by atoms with van der Waals surface area (Å²) >= 11 is 0. The molecular formula is C16H22N2O2. The average Bonchev–Trinajstić information content (AvgIpc) is 2.37. The fourth-order valence-electron chi connectivity index (χ4n) is 2.81. The second-order valence-corrected chi connectivity index (χ2v) is 5.54. The van der Waals surface area contributed by atoms with Crippen molar-refractivity contribution in [3.8, 4) is 0 Å². The number of carbonyl (C=O) groups is 2. The lowest BCUT2D eigenvalue weighted by Gasteiger charge is -2.32. The van der Waals surface area contributed by atoms with Crippen molar-refractivity contribution < 1.29 is 9.59 Å². The molecule has 1 aromatic rings. The van der Waals surface area contributed by atoms with Gasteiger partial charge in [0.25, 0.3) is 0 Å². The molecule has 1 N–H and O–H groups in total. The molecule has 1 aliphatic rings. The Morgan fingerprint density at radius 1 is 1.20 bits per heavy atom. The highest BCUT2D eigenvalue weighted by Crippen LogP contribution is 2.20. The minimum atomic E-state index is -0.237. The molecule has 1 fully saturated rings. The van der Waals surface area contributed by atoms with Crippen LogP contribution in [0.25, 0.3) is 0 Å². The van der Waals surface area contributed by atoms with Gasteiger partial charge in [0.15, 0.2) is 0 Å². The van der Waals surface area contributed by atoms with Crippen LogP contribution in [0.15, 0.2) is 12.1 Å². The van der Waals surface area contributed by atoms with Crippen LogP contribution in [0.2, 0.25) is 0 Å². The Morgan fingerprint density at radius 3 is 2.35 bits per heavy atom. The molecule has 1 unspecified atom stereocenters. The second kappa shape index (κ2) is 5.75. The van der Waals surface area contributed by atoms with E-state index < -0.39 is 0 Å². The molecule has 1 atom stereocenters. The molecule has 1 heterocycles. The van der Waals surface area contributed by atoms with E-state index >= 15 is 0 Å². The van der Waals surface area contributed by atoms with E-state index in [1.165, 1.54) is 10.5 Å². The van der Waals surface area contributed by atoms with Crippen molar-refractivity contribution in [3.63, 3.8) is 0 Å². The van der Waals surface area contributed by atoms with E-state index in [1.54, 1.807) is 0 Å². The maximum absolute atomic E-state index is 12.3. The average molecular weight is 274 g/mol. The summed E-state index contributed by atoms with van der Waals surface area (Å²) in [5.41, 5.74) is 4.55. The summed E-state index contributed by atoms with van der Waals surface area (Å²) in [6.45, 7) is 8.69. The Kier molecular flexibility index (Phi) is 4.23. The molecule has 1 saturated heterocycles. The van der Waals surface area contributed by atoms with Gasteiger partial charge in [-0.15, -0.1) is 0 Å². The molecule has 0 bridgehead atoms. The Labute approximate surface area is 120 Å². The van der Waals surface area contributed by atoms with Gasteiger partial charge < -0.3 is 0 Å². The summed E-state index contributed by atoms with van der Waals surface area (Å²) in [7, 11) is 0. The van der Waals surface area contributed by atoms with Crippen LogP contribution < -0.4 is 5.32 Å². The van der Waals surface area contributed by atoms with Crippen LogP contribution in [0.3, 0.4) is 0 Å². The molecule has 0 aromatic heterocycles. The SMILES string of the molecule is CCC1NCC(=O)N(Cc2c(C)cc(C)cc2C)C1=O. The zero-order chi connectivity index (χ0) is 14.9.